The third-order valence-corrected chi connectivity index (χ3v) is 12.8. The molecule has 0 aromatic heterocycles. The van der Waals surface area contributed by atoms with Crippen LogP contribution in [0, 0.1) is 29.5 Å². The molecular formula is C47H40ClFN6O6. The van der Waals surface area contributed by atoms with Gasteiger partial charge in [-0.2, -0.15) is 15.2 Å². The molecule has 2 saturated heterocycles. The molecule has 6 unspecified atom stereocenters. The summed E-state index contributed by atoms with van der Waals surface area (Å²) in [6.07, 6.45) is 2.20. The van der Waals surface area contributed by atoms with Crippen LogP contribution in [0.5, 0.6) is 11.5 Å². The van der Waals surface area contributed by atoms with Gasteiger partial charge in [0.15, 0.2) is 0 Å². The molecule has 308 valence electrons. The number of methoxy groups -OCH3 is 1. The van der Waals surface area contributed by atoms with Gasteiger partial charge in [0, 0.05) is 42.4 Å². The Balaban J connectivity index is 1.12. The number of aromatic hydroxyl groups is 1. The molecule has 61 heavy (non-hydrogen) atoms. The number of imide groups is 2. The van der Waals surface area contributed by atoms with Crippen molar-refractivity contribution in [3.63, 3.8) is 0 Å². The van der Waals surface area contributed by atoms with E-state index in [0.29, 0.717) is 44.5 Å². The Morgan fingerprint density at radius 3 is 2.11 bits per heavy atom. The third kappa shape index (κ3) is 6.51. The van der Waals surface area contributed by atoms with Crippen LogP contribution in [0.1, 0.15) is 29.9 Å². The summed E-state index contributed by atoms with van der Waals surface area (Å²) < 4.78 is 19.8. The second kappa shape index (κ2) is 15.3. The van der Waals surface area contributed by atoms with Crippen molar-refractivity contribution in [2.45, 2.75) is 24.2 Å². The number of nitrogens with one attached hydrogen (secondary N) is 1. The van der Waals surface area contributed by atoms with Crippen molar-refractivity contribution < 1.29 is 33.4 Å². The van der Waals surface area contributed by atoms with Crippen molar-refractivity contribution in [3.8, 4) is 11.5 Å². The van der Waals surface area contributed by atoms with E-state index in [4.69, 9.17) is 16.3 Å². The van der Waals surface area contributed by atoms with E-state index in [9.17, 15) is 23.9 Å². The van der Waals surface area contributed by atoms with E-state index in [1.54, 1.807) is 54.6 Å². The van der Waals surface area contributed by atoms with Crippen molar-refractivity contribution in [2.24, 2.45) is 33.9 Å². The first-order chi connectivity index (χ1) is 29.4. The highest BCUT2D eigenvalue weighted by atomic mass is 35.5. The number of halogens is 2. The highest BCUT2D eigenvalue weighted by Gasteiger charge is 2.70. The summed E-state index contributed by atoms with van der Waals surface area (Å²) >= 11 is 6.40. The lowest BCUT2D eigenvalue weighted by Crippen LogP contribution is -2.53. The number of anilines is 3. The maximum Gasteiger partial charge on any atom is 0.260 e. The van der Waals surface area contributed by atoms with Gasteiger partial charge in [-0.1, -0.05) is 41.4 Å². The molecule has 0 bridgehead atoms. The third-order valence-electron chi connectivity index (χ3n) is 12.5. The molecule has 2 heterocycles. The van der Waals surface area contributed by atoms with Gasteiger partial charge in [0.2, 0.25) is 11.8 Å². The van der Waals surface area contributed by atoms with E-state index < -0.39 is 58.5 Å². The van der Waals surface area contributed by atoms with Gasteiger partial charge in [-0.3, -0.25) is 29.5 Å². The molecule has 2 aliphatic carbocycles. The van der Waals surface area contributed by atoms with Gasteiger partial charge < -0.3 is 14.7 Å². The standard InChI is InChI=1S/C47H40ClFN6O6/c1-53(2)32-16-12-29(13-17-32)50-51-30-14-18-33(19-15-30)54-43(57)37-23-22-35-38(41(37)45(54)59)25-39-44(58)55(52-31-10-8-28(49)9-11-31)46(60)47(39,26-4-6-27(48)7-5-26)42(35)36-21-20-34(56)24-40(36)61-3/h4-22,24,37-39,41-42,52,56H,23,25H2,1-3H3. The number of fused-ring (bicyclic) bond motifs is 4. The average molecular weight is 839 g/mol. The Morgan fingerprint density at radius 2 is 1.48 bits per heavy atom. The van der Waals surface area contributed by atoms with Crippen LogP contribution in [-0.2, 0) is 24.6 Å². The number of phenols is 1. The summed E-state index contributed by atoms with van der Waals surface area (Å²) in [4.78, 5) is 62.7. The summed E-state index contributed by atoms with van der Waals surface area (Å²) in [6.45, 7) is 0. The zero-order chi connectivity index (χ0) is 42.7. The monoisotopic (exact) mass is 838 g/mol. The van der Waals surface area contributed by atoms with Crippen molar-refractivity contribution >= 4 is 63.7 Å². The average Bonchev–Trinajstić information content (AvgIpc) is 3.64. The smallest absolute Gasteiger partial charge is 0.260 e. The lowest BCUT2D eigenvalue weighted by atomic mass is 9.49. The summed E-state index contributed by atoms with van der Waals surface area (Å²) in [7, 11) is 5.36. The van der Waals surface area contributed by atoms with E-state index in [2.05, 4.69) is 15.7 Å². The second-order valence-corrected chi connectivity index (χ2v) is 16.4. The number of carbonyl (C=O) groups is 4. The van der Waals surface area contributed by atoms with Crippen molar-refractivity contribution in [1.82, 2.24) is 5.01 Å². The van der Waals surface area contributed by atoms with Gasteiger partial charge in [0.1, 0.15) is 17.3 Å². The van der Waals surface area contributed by atoms with Gasteiger partial charge in [0.25, 0.3) is 11.8 Å². The number of carbonyl (C=O) groups excluding carboxylic acids is 4. The number of azo groups is 1. The highest BCUT2D eigenvalue weighted by molar-refractivity contribution is 6.30. The van der Waals surface area contributed by atoms with Crippen LogP contribution in [0.4, 0.5) is 32.8 Å². The Bertz CT molecular complexity index is 2640. The molecule has 6 atom stereocenters. The van der Waals surface area contributed by atoms with Crippen LogP contribution in [0.3, 0.4) is 0 Å². The zero-order valence-corrected chi connectivity index (χ0v) is 34.1. The Labute approximate surface area is 355 Å². The van der Waals surface area contributed by atoms with E-state index in [-0.39, 0.29) is 30.2 Å². The van der Waals surface area contributed by atoms with Crippen molar-refractivity contribution in [2.75, 3.05) is 36.4 Å². The predicted octanol–water partition coefficient (Wildman–Crippen LogP) is 8.86. The maximum absolute atomic E-state index is 15.4. The number of benzene rings is 5. The fourth-order valence-corrected chi connectivity index (χ4v) is 9.92. The second-order valence-electron chi connectivity index (χ2n) is 15.9. The lowest BCUT2D eigenvalue weighted by Gasteiger charge is -2.50. The molecule has 2 N–H and O–H groups in total. The van der Waals surface area contributed by atoms with E-state index in [1.165, 1.54) is 48.4 Å². The van der Waals surface area contributed by atoms with Crippen LogP contribution >= 0.6 is 11.6 Å². The highest BCUT2D eigenvalue weighted by Crippen LogP contribution is 2.65. The molecule has 9 rings (SSSR count). The first-order valence-electron chi connectivity index (χ1n) is 19.8. The fourth-order valence-electron chi connectivity index (χ4n) is 9.79. The molecule has 12 nitrogen and oxygen atoms in total. The number of amides is 4. The molecule has 1 saturated carbocycles. The van der Waals surface area contributed by atoms with Gasteiger partial charge in [0.05, 0.1) is 53.0 Å². The maximum atomic E-state index is 15.4. The largest absolute Gasteiger partial charge is 0.508 e. The molecule has 0 radical (unpaired) electrons. The normalized spacial score (nSPS) is 24.4. The number of hydrogen-bond acceptors (Lipinski definition) is 10. The lowest BCUT2D eigenvalue weighted by molar-refractivity contribution is -0.138. The molecule has 4 amide bonds. The molecule has 0 spiro atoms. The molecule has 5 aromatic carbocycles. The molecule has 14 heteroatoms. The molecule has 3 fully saturated rings. The quantitative estimate of drug-likeness (QED) is 0.0852. The Hall–Kier alpha value is -6.86. The first kappa shape index (κ1) is 39.6. The minimum Gasteiger partial charge on any atom is -0.508 e. The SMILES string of the molecule is COc1cc(O)ccc1C1C2=CCC3C(=O)N(c4ccc(N=Nc5ccc(N(C)C)cc5)cc4)C(=O)C3C2CC2C(=O)N(Nc3ccc(F)cc3)C(=O)C21c1ccc(Cl)cc1. The molecule has 2 aliphatic heterocycles. The van der Waals surface area contributed by atoms with Crippen LogP contribution < -0.4 is 20.0 Å². The topological polar surface area (TPSA) is 144 Å². The zero-order valence-electron chi connectivity index (χ0n) is 33.3. The number of hydrazine groups is 1. The van der Waals surface area contributed by atoms with Crippen LogP contribution in [-0.4, -0.2) is 54.9 Å². The van der Waals surface area contributed by atoms with Gasteiger partial charge in [-0.15, -0.1) is 0 Å². The van der Waals surface area contributed by atoms with E-state index in [0.717, 1.165) is 10.7 Å². The number of ether oxygens (including phenoxy) is 1. The Morgan fingerprint density at radius 1 is 0.820 bits per heavy atom. The molecular weight excluding hydrogens is 799 g/mol. The first-order valence-corrected chi connectivity index (χ1v) is 20.2. The predicted molar refractivity (Wildman–Crippen MR) is 228 cm³/mol. The fraction of sp³-hybridized carbons (Fsp3) is 0.234. The van der Waals surface area contributed by atoms with E-state index in [1.807, 2.05) is 49.3 Å². The number of phenolic OH excluding ortho intramolecular Hbond substituents is 1. The van der Waals surface area contributed by atoms with Crippen LogP contribution in [0.2, 0.25) is 5.02 Å². The summed E-state index contributed by atoms with van der Waals surface area (Å²) in [5.41, 5.74) is 5.96. The molecule has 5 aromatic rings. The van der Waals surface area contributed by atoms with Gasteiger partial charge >= 0.3 is 0 Å². The van der Waals surface area contributed by atoms with Gasteiger partial charge in [-0.25, -0.2) is 4.39 Å². The number of hydrogen-bond donors (Lipinski definition) is 2. The molecule has 4 aliphatic rings. The minimum atomic E-state index is -1.61. The number of nitrogens with zero attached hydrogens (tertiary/aromatic N) is 5. The minimum absolute atomic E-state index is 0.0560. The van der Waals surface area contributed by atoms with Gasteiger partial charge in [-0.05, 0) is 115 Å². The van der Waals surface area contributed by atoms with Crippen LogP contribution in [0.15, 0.2) is 137 Å². The summed E-state index contributed by atoms with van der Waals surface area (Å²) in [5, 5.41) is 20.7. The number of rotatable bonds is 9. The summed E-state index contributed by atoms with van der Waals surface area (Å²) in [6, 6.07) is 31.0. The van der Waals surface area contributed by atoms with E-state index >= 15 is 4.79 Å². The Kier molecular flexibility index (Phi) is 9.94. The number of allylic oxidation sites excluding steroid dienone is 2. The van der Waals surface area contributed by atoms with Crippen molar-refractivity contribution in [1.29, 1.82) is 0 Å². The summed E-state index contributed by atoms with van der Waals surface area (Å²) in [5.74, 6) is -6.39. The van der Waals surface area contributed by atoms with Crippen molar-refractivity contribution in [3.05, 3.63) is 149 Å². The van der Waals surface area contributed by atoms with Crippen LogP contribution in [0.25, 0.3) is 0 Å².